The molecule has 0 fully saturated rings. The molecule has 0 unspecified atom stereocenters. The number of nitriles is 1. The molecule has 2 aromatic carbocycles. The highest BCUT2D eigenvalue weighted by molar-refractivity contribution is 7.18. The van der Waals surface area contributed by atoms with Crippen molar-refractivity contribution in [3.8, 4) is 17.2 Å². The molecule has 156 valence electrons. The number of hydrogen-bond donors (Lipinski definition) is 1. The number of benzene rings is 2. The zero-order valence-corrected chi connectivity index (χ0v) is 16.7. The molecule has 0 saturated carbocycles. The summed E-state index contributed by atoms with van der Waals surface area (Å²) in [6, 6.07) is 17.6. The van der Waals surface area contributed by atoms with Gasteiger partial charge in [-0.2, -0.15) is 18.4 Å². The van der Waals surface area contributed by atoms with Crippen LogP contribution in [-0.2, 0) is 13.0 Å². The number of alkyl halides is 3. The molecule has 0 aliphatic heterocycles. The molecule has 2 aromatic heterocycles. The van der Waals surface area contributed by atoms with Gasteiger partial charge in [0.25, 0.3) is 5.56 Å². The first-order chi connectivity index (χ1) is 14.7. The van der Waals surface area contributed by atoms with Gasteiger partial charge in [0, 0.05) is 4.88 Å². The molecule has 9 heteroatoms. The molecular weight excluding hydrogens is 427 g/mol. The van der Waals surface area contributed by atoms with Crippen molar-refractivity contribution in [2.45, 2.75) is 19.1 Å². The van der Waals surface area contributed by atoms with Gasteiger partial charge < -0.3 is 0 Å². The maximum atomic E-state index is 12.8. The minimum absolute atomic E-state index is 0.0317. The number of nitrogens with zero attached hydrogens (tertiary/aromatic N) is 2. The van der Waals surface area contributed by atoms with Crippen LogP contribution in [0.3, 0.4) is 0 Å². The van der Waals surface area contributed by atoms with Crippen LogP contribution in [-0.4, -0.2) is 15.7 Å². The zero-order chi connectivity index (χ0) is 22.2. The lowest BCUT2D eigenvalue weighted by molar-refractivity contribution is -0.126. The van der Waals surface area contributed by atoms with Gasteiger partial charge >= 0.3 is 11.9 Å². The summed E-state index contributed by atoms with van der Waals surface area (Å²) in [5.41, 5.74) is 1.46. The van der Waals surface area contributed by atoms with E-state index >= 15 is 0 Å². The van der Waals surface area contributed by atoms with Gasteiger partial charge in [0.05, 0.1) is 30.0 Å². The highest BCUT2D eigenvalue weighted by Crippen LogP contribution is 2.29. The largest absolute Gasteiger partial charge is 0.393 e. The van der Waals surface area contributed by atoms with E-state index in [4.69, 9.17) is 0 Å². The van der Waals surface area contributed by atoms with E-state index in [1.54, 1.807) is 24.3 Å². The standard InChI is InChI=1S/C22H14F3N3O2S/c23-22(24,25)10-16-9-18-19(29)27-21(30)28(20(18)31-16)12-13-5-7-14(8-6-13)17-4-2-1-3-15(17)11-26/h1-9H,10,12H2,(H,27,29,30). The fourth-order valence-corrected chi connectivity index (χ4v) is 4.53. The van der Waals surface area contributed by atoms with E-state index < -0.39 is 23.8 Å². The van der Waals surface area contributed by atoms with Crippen LogP contribution in [0.25, 0.3) is 21.3 Å². The van der Waals surface area contributed by atoms with Crippen molar-refractivity contribution in [3.63, 3.8) is 0 Å². The molecule has 31 heavy (non-hydrogen) atoms. The molecule has 0 spiro atoms. The predicted molar refractivity (Wildman–Crippen MR) is 112 cm³/mol. The first kappa shape index (κ1) is 20.6. The molecule has 0 atom stereocenters. The van der Waals surface area contributed by atoms with Gasteiger partial charge in [-0.15, -0.1) is 11.3 Å². The lowest BCUT2D eigenvalue weighted by Gasteiger charge is -2.09. The minimum atomic E-state index is -4.41. The highest BCUT2D eigenvalue weighted by atomic mass is 32.1. The average molecular weight is 441 g/mol. The van der Waals surface area contributed by atoms with E-state index in [1.807, 2.05) is 24.3 Å². The van der Waals surface area contributed by atoms with E-state index in [9.17, 15) is 28.0 Å². The van der Waals surface area contributed by atoms with E-state index in [0.717, 1.165) is 28.0 Å². The Morgan fingerprint density at radius 3 is 2.45 bits per heavy atom. The summed E-state index contributed by atoms with van der Waals surface area (Å²) >= 11 is 0.790. The van der Waals surface area contributed by atoms with Crippen LogP contribution >= 0.6 is 11.3 Å². The molecule has 5 nitrogen and oxygen atoms in total. The molecule has 4 aromatic rings. The molecule has 0 aliphatic carbocycles. The van der Waals surface area contributed by atoms with Crippen molar-refractivity contribution in [2.24, 2.45) is 0 Å². The van der Waals surface area contributed by atoms with Gasteiger partial charge in [-0.05, 0) is 28.8 Å². The molecule has 4 rings (SSSR count). The summed E-state index contributed by atoms with van der Waals surface area (Å²) in [4.78, 5) is 26.8. The van der Waals surface area contributed by atoms with Crippen molar-refractivity contribution >= 4 is 21.6 Å². The number of halogens is 3. The number of aromatic amines is 1. The predicted octanol–water partition coefficient (Wildman–Crippen LogP) is 4.44. The van der Waals surface area contributed by atoms with Crippen molar-refractivity contribution < 1.29 is 13.2 Å². The first-order valence-corrected chi connectivity index (χ1v) is 9.97. The third kappa shape index (κ3) is 4.29. The van der Waals surface area contributed by atoms with Crippen molar-refractivity contribution in [1.82, 2.24) is 9.55 Å². The maximum Gasteiger partial charge on any atom is 0.393 e. The molecular formula is C22H14F3N3O2S. The summed E-state index contributed by atoms with van der Waals surface area (Å²) < 4.78 is 39.5. The van der Waals surface area contributed by atoms with E-state index in [-0.39, 0.29) is 21.6 Å². The second kappa shape index (κ2) is 7.89. The lowest BCUT2D eigenvalue weighted by atomic mass is 9.99. The van der Waals surface area contributed by atoms with E-state index in [0.29, 0.717) is 5.56 Å². The summed E-state index contributed by atoms with van der Waals surface area (Å²) in [5, 5.41) is 9.33. The molecule has 1 N–H and O–H groups in total. The molecule has 0 bridgehead atoms. The summed E-state index contributed by atoms with van der Waals surface area (Å²) in [6.07, 6.45) is -5.57. The Balaban J connectivity index is 1.71. The molecule has 0 aliphatic rings. The maximum absolute atomic E-state index is 12.8. The Morgan fingerprint density at radius 1 is 1.06 bits per heavy atom. The van der Waals surface area contributed by atoms with Gasteiger partial charge in [0.2, 0.25) is 0 Å². The third-order valence-corrected chi connectivity index (χ3v) is 5.90. The Morgan fingerprint density at radius 2 is 1.77 bits per heavy atom. The van der Waals surface area contributed by atoms with Crippen LogP contribution < -0.4 is 11.2 Å². The second-order valence-electron chi connectivity index (χ2n) is 6.92. The molecule has 0 amide bonds. The molecule has 0 saturated heterocycles. The van der Waals surface area contributed by atoms with Crippen LogP contribution in [0.1, 0.15) is 16.0 Å². The van der Waals surface area contributed by atoms with Crippen LogP contribution in [0.5, 0.6) is 0 Å². The molecule has 0 radical (unpaired) electrons. The lowest BCUT2D eigenvalue weighted by Crippen LogP contribution is -2.29. The highest BCUT2D eigenvalue weighted by Gasteiger charge is 2.29. The van der Waals surface area contributed by atoms with Crippen molar-refractivity contribution in [3.05, 3.63) is 91.4 Å². The SMILES string of the molecule is N#Cc1ccccc1-c1ccc(Cn2c(=O)[nH]c(=O)c3cc(CC(F)(F)F)sc32)cc1. The van der Waals surface area contributed by atoms with Crippen LogP contribution in [0.4, 0.5) is 13.2 Å². The van der Waals surface area contributed by atoms with Gasteiger partial charge in [-0.25, -0.2) is 4.79 Å². The van der Waals surface area contributed by atoms with Gasteiger partial charge in [-0.1, -0.05) is 42.5 Å². The van der Waals surface area contributed by atoms with Crippen LogP contribution in [0, 0.1) is 11.3 Å². The number of nitrogens with one attached hydrogen (secondary N) is 1. The normalized spacial score (nSPS) is 11.5. The smallest absolute Gasteiger partial charge is 0.280 e. The van der Waals surface area contributed by atoms with Crippen LogP contribution in [0.15, 0.2) is 64.2 Å². The van der Waals surface area contributed by atoms with Crippen LogP contribution in [0.2, 0.25) is 0 Å². The van der Waals surface area contributed by atoms with Gasteiger partial charge in [-0.3, -0.25) is 14.3 Å². The number of aromatic nitrogens is 2. The first-order valence-electron chi connectivity index (χ1n) is 9.16. The third-order valence-electron chi connectivity index (χ3n) is 4.75. The fourth-order valence-electron chi connectivity index (χ4n) is 3.35. The number of H-pyrrole nitrogens is 1. The number of fused-ring (bicyclic) bond motifs is 1. The zero-order valence-electron chi connectivity index (χ0n) is 15.9. The summed E-state index contributed by atoms with van der Waals surface area (Å²) in [7, 11) is 0. The minimum Gasteiger partial charge on any atom is -0.280 e. The van der Waals surface area contributed by atoms with E-state index in [1.165, 1.54) is 10.6 Å². The Hall–Kier alpha value is -3.64. The van der Waals surface area contributed by atoms with Crippen molar-refractivity contribution in [1.29, 1.82) is 5.26 Å². The van der Waals surface area contributed by atoms with Gasteiger partial charge in [0.1, 0.15) is 4.83 Å². The average Bonchev–Trinajstić information content (AvgIpc) is 3.14. The van der Waals surface area contributed by atoms with E-state index in [2.05, 4.69) is 11.1 Å². The molecule has 2 heterocycles. The number of rotatable bonds is 4. The van der Waals surface area contributed by atoms with Crippen molar-refractivity contribution in [2.75, 3.05) is 0 Å². The summed E-state index contributed by atoms with van der Waals surface area (Å²) in [5.74, 6) is 0. The second-order valence-corrected chi connectivity index (χ2v) is 8.04. The Kier molecular flexibility index (Phi) is 5.25. The van der Waals surface area contributed by atoms with Gasteiger partial charge in [0.15, 0.2) is 0 Å². The number of hydrogen-bond acceptors (Lipinski definition) is 4. The quantitative estimate of drug-likeness (QED) is 0.509. The monoisotopic (exact) mass is 441 g/mol. The number of thiophene rings is 1. The summed E-state index contributed by atoms with van der Waals surface area (Å²) in [6.45, 7) is 0.0816. The topological polar surface area (TPSA) is 78.7 Å². The fraction of sp³-hybridized carbons (Fsp3) is 0.136. The Bertz CT molecular complexity index is 1420. The Labute approximate surface area is 177 Å².